The molecule has 8 heteroatoms. The third kappa shape index (κ3) is 4.75. The summed E-state index contributed by atoms with van der Waals surface area (Å²) in [4.78, 5) is 16.0. The molecule has 0 saturated carbocycles. The number of aromatic amines is 1. The molecule has 1 amide bonds. The minimum Gasteiger partial charge on any atom is -0.506 e. The van der Waals surface area contributed by atoms with Crippen LogP contribution in [0.1, 0.15) is 18.9 Å². The van der Waals surface area contributed by atoms with E-state index in [9.17, 15) is 22.7 Å². The number of phenolic OH excluding ortho intramolecular Hbond substituents is 1. The maximum absolute atomic E-state index is 14.0. The Kier molecular flexibility index (Phi) is 6.20. The zero-order valence-electron chi connectivity index (χ0n) is 17.9. The standard InChI is InChI=1S/C25H23FN2O4S/c1-2-33(31,32)18-9-12-23(29)22(15-18)27-24(30)13-10-19-20-14-17(26)8-11-21(20)28-25(19)16-6-4-3-5-7-16/h3-9,11-12,14-15,28-29H,2,10,13H2,1H3,(H,27,30). The number of hydrogen-bond donors (Lipinski definition) is 3. The first-order chi connectivity index (χ1) is 15.8. The number of halogens is 1. The summed E-state index contributed by atoms with van der Waals surface area (Å²) < 4.78 is 38.2. The van der Waals surface area contributed by atoms with Crippen molar-refractivity contribution in [2.45, 2.75) is 24.7 Å². The van der Waals surface area contributed by atoms with E-state index >= 15 is 0 Å². The highest BCUT2D eigenvalue weighted by Crippen LogP contribution is 2.32. The van der Waals surface area contributed by atoms with Gasteiger partial charge in [0.1, 0.15) is 11.6 Å². The van der Waals surface area contributed by atoms with Gasteiger partial charge in [-0.25, -0.2) is 12.8 Å². The number of carbonyl (C=O) groups is 1. The molecule has 170 valence electrons. The fourth-order valence-corrected chi connectivity index (χ4v) is 4.66. The van der Waals surface area contributed by atoms with Crippen molar-refractivity contribution in [3.05, 3.63) is 78.1 Å². The quantitative estimate of drug-likeness (QED) is 0.332. The molecule has 0 unspecified atom stereocenters. The van der Waals surface area contributed by atoms with Crippen LogP contribution in [0.5, 0.6) is 5.75 Å². The smallest absolute Gasteiger partial charge is 0.224 e. The van der Waals surface area contributed by atoms with Crippen LogP contribution < -0.4 is 5.32 Å². The predicted octanol–water partition coefficient (Wildman–Crippen LogP) is 5.04. The first-order valence-electron chi connectivity index (χ1n) is 10.5. The second kappa shape index (κ2) is 9.07. The summed E-state index contributed by atoms with van der Waals surface area (Å²) in [7, 11) is -3.49. The molecule has 0 atom stereocenters. The lowest BCUT2D eigenvalue weighted by molar-refractivity contribution is -0.116. The Morgan fingerprint density at radius 3 is 2.55 bits per heavy atom. The van der Waals surface area contributed by atoms with Gasteiger partial charge in [0.2, 0.25) is 5.91 Å². The molecule has 0 aliphatic carbocycles. The van der Waals surface area contributed by atoms with E-state index in [1.54, 1.807) is 6.07 Å². The maximum atomic E-state index is 14.0. The van der Waals surface area contributed by atoms with E-state index in [1.165, 1.54) is 37.3 Å². The van der Waals surface area contributed by atoms with Gasteiger partial charge in [-0.15, -0.1) is 0 Å². The summed E-state index contributed by atoms with van der Waals surface area (Å²) >= 11 is 0. The number of carbonyl (C=O) groups excluding carboxylic acids is 1. The molecule has 33 heavy (non-hydrogen) atoms. The average molecular weight is 467 g/mol. The molecular formula is C25H23FN2O4S. The fourth-order valence-electron chi connectivity index (χ4n) is 3.76. The molecule has 3 aromatic carbocycles. The van der Waals surface area contributed by atoms with Gasteiger partial charge in [-0.2, -0.15) is 0 Å². The van der Waals surface area contributed by atoms with Crippen molar-refractivity contribution in [3.8, 4) is 17.0 Å². The SMILES string of the molecule is CCS(=O)(=O)c1ccc(O)c(NC(=O)CCc2c(-c3ccccc3)[nH]c3ccc(F)cc23)c1. The number of benzene rings is 3. The molecule has 0 aliphatic rings. The van der Waals surface area contributed by atoms with Crippen molar-refractivity contribution in [1.82, 2.24) is 4.98 Å². The van der Waals surface area contributed by atoms with Crippen LogP contribution in [-0.4, -0.2) is 30.2 Å². The number of anilines is 1. The van der Waals surface area contributed by atoms with Gasteiger partial charge in [-0.1, -0.05) is 37.3 Å². The average Bonchev–Trinajstić information content (AvgIpc) is 3.17. The molecule has 1 aromatic heterocycles. The van der Waals surface area contributed by atoms with E-state index in [1.807, 2.05) is 30.3 Å². The monoisotopic (exact) mass is 466 g/mol. The lowest BCUT2D eigenvalue weighted by Crippen LogP contribution is -2.13. The molecule has 6 nitrogen and oxygen atoms in total. The van der Waals surface area contributed by atoms with Gasteiger partial charge >= 0.3 is 0 Å². The minimum absolute atomic E-state index is 0.0246. The van der Waals surface area contributed by atoms with Gasteiger partial charge in [0.05, 0.1) is 16.3 Å². The molecule has 0 fully saturated rings. The summed E-state index contributed by atoms with van der Waals surface area (Å²) in [6.07, 6.45) is 0.362. The number of phenols is 1. The molecular weight excluding hydrogens is 443 g/mol. The van der Waals surface area contributed by atoms with E-state index in [0.29, 0.717) is 11.8 Å². The first kappa shape index (κ1) is 22.5. The van der Waals surface area contributed by atoms with Gasteiger partial charge in [0.25, 0.3) is 0 Å². The van der Waals surface area contributed by atoms with Gasteiger partial charge in [0.15, 0.2) is 9.84 Å². The van der Waals surface area contributed by atoms with Gasteiger partial charge in [0, 0.05) is 23.0 Å². The fraction of sp³-hybridized carbons (Fsp3) is 0.160. The Hall–Kier alpha value is -3.65. The van der Waals surface area contributed by atoms with Crippen molar-refractivity contribution < 1.29 is 22.7 Å². The summed E-state index contributed by atoms with van der Waals surface area (Å²) in [5, 5.41) is 13.4. The number of sulfone groups is 1. The van der Waals surface area contributed by atoms with Crippen LogP contribution in [0.15, 0.2) is 71.6 Å². The number of aryl methyl sites for hydroxylation is 1. The van der Waals surface area contributed by atoms with Gasteiger partial charge < -0.3 is 15.4 Å². The van der Waals surface area contributed by atoms with E-state index in [2.05, 4.69) is 10.3 Å². The number of nitrogens with one attached hydrogen (secondary N) is 2. The summed E-state index contributed by atoms with van der Waals surface area (Å²) in [5.41, 5.74) is 3.32. The van der Waals surface area contributed by atoms with Crippen LogP contribution in [0.4, 0.5) is 10.1 Å². The second-order valence-electron chi connectivity index (χ2n) is 7.67. The lowest BCUT2D eigenvalue weighted by atomic mass is 10.0. The van der Waals surface area contributed by atoms with Crippen molar-refractivity contribution in [2.75, 3.05) is 11.1 Å². The molecule has 0 bridgehead atoms. The largest absolute Gasteiger partial charge is 0.506 e. The molecule has 4 rings (SSSR count). The lowest BCUT2D eigenvalue weighted by Gasteiger charge is -2.10. The highest BCUT2D eigenvalue weighted by atomic mass is 32.2. The topological polar surface area (TPSA) is 99.3 Å². The van der Waals surface area contributed by atoms with Crippen LogP contribution >= 0.6 is 0 Å². The predicted molar refractivity (Wildman–Crippen MR) is 126 cm³/mol. The highest BCUT2D eigenvalue weighted by molar-refractivity contribution is 7.91. The summed E-state index contributed by atoms with van der Waals surface area (Å²) in [5.74, 6) is -1.09. The van der Waals surface area contributed by atoms with Crippen LogP contribution in [0, 0.1) is 5.82 Å². The van der Waals surface area contributed by atoms with Crippen LogP contribution in [0.3, 0.4) is 0 Å². The Morgan fingerprint density at radius 2 is 1.82 bits per heavy atom. The Labute approximate surface area is 191 Å². The maximum Gasteiger partial charge on any atom is 0.224 e. The van der Waals surface area contributed by atoms with Crippen molar-refractivity contribution in [3.63, 3.8) is 0 Å². The van der Waals surface area contributed by atoms with E-state index < -0.39 is 15.7 Å². The molecule has 0 spiro atoms. The normalized spacial score (nSPS) is 11.6. The van der Waals surface area contributed by atoms with E-state index in [0.717, 1.165) is 22.3 Å². The number of fused-ring (bicyclic) bond motifs is 1. The summed E-state index contributed by atoms with van der Waals surface area (Å²) in [6.45, 7) is 1.52. The Bertz CT molecular complexity index is 1430. The molecule has 3 N–H and O–H groups in total. The van der Waals surface area contributed by atoms with Crippen LogP contribution in [0.25, 0.3) is 22.2 Å². The van der Waals surface area contributed by atoms with Gasteiger partial charge in [-0.05, 0) is 53.9 Å². The van der Waals surface area contributed by atoms with Crippen LogP contribution in [-0.2, 0) is 21.1 Å². The third-order valence-corrected chi connectivity index (χ3v) is 7.25. The minimum atomic E-state index is -3.49. The number of aromatic hydroxyl groups is 1. The Balaban J connectivity index is 1.60. The van der Waals surface area contributed by atoms with Crippen molar-refractivity contribution in [1.29, 1.82) is 0 Å². The number of hydrogen-bond acceptors (Lipinski definition) is 4. The summed E-state index contributed by atoms with van der Waals surface area (Å²) in [6, 6.07) is 17.9. The van der Waals surface area contributed by atoms with E-state index in [-0.39, 0.29) is 34.3 Å². The number of H-pyrrole nitrogens is 1. The zero-order valence-corrected chi connectivity index (χ0v) is 18.7. The molecule has 4 aromatic rings. The highest BCUT2D eigenvalue weighted by Gasteiger charge is 2.18. The number of aromatic nitrogens is 1. The van der Waals surface area contributed by atoms with Crippen molar-refractivity contribution in [2.24, 2.45) is 0 Å². The number of amides is 1. The third-order valence-electron chi connectivity index (χ3n) is 5.51. The second-order valence-corrected chi connectivity index (χ2v) is 9.94. The Morgan fingerprint density at radius 1 is 1.06 bits per heavy atom. The molecule has 0 aliphatic heterocycles. The molecule has 1 heterocycles. The zero-order chi connectivity index (χ0) is 23.6. The first-order valence-corrected chi connectivity index (χ1v) is 12.1. The van der Waals surface area contributed by atoms with Crippen LogP contribution in [0.2, 0.25) is 0 Å². The van der Waals surface area contributed by atoms with Crippen molar-refractivity contribution >= 4 is 32.3 Å². The molecule has 0 saturated heterocycles. The van der Waals surface area contributed by atoms with E-state index in [4.69, 9.17) is 0 Å². The van der Waals surface area contributed by atoms with Gasteiger partial charge in [-0.3, -0.25) is 4.79 Å². The molecule has 0 radical (unpaired) electrons. The number of rotatable bonds is 7.